The molecule has 1 aromatic carbocycles. The van der Waals surface area contributed by atoms with Crippen LogP contribution in [0.1, 0.15) is 5.82 Å². The third-order valence-corrected chi connectivity index (χ3v) is 2.45. The highest BCUT2D eigenvalue weighted by Crippen LogP contribution is 2.23. The molecule has 2 heterocycles. The van der Waals surface area contributed by atoms with Gasteiger partial charge in [0.2, 0.25) is 0 Å². The van der Waals surface area contributed by atoms with Crippen molar-refractivity contribution in [1.82, 2.24) is 20.2 Å². The highest BCUT2D eigenvalue weighted by Gasteiger charge is 2.11. The number of hydrogen-bond acceptors (Lipinski definition) is 7. The molecule has 0 aliphatic carbocycles. The molecule has 0 spiro atoms. The van der Waals surface area contributed by atoms with Gasteiger partial charge in [0.1, 0.15) is 17.7 Å². The molecule has 0 unspecified atom stereocenters. The molecule has 0 aliphatic heterocycles. The predicted molar refractivity (Wildman–Crippen MR) is 64.4 cm³/mol. The largest absolute Gasteiger partial charge is 0.424 e. The Morgan fingerprint density at radius 3 is 3.11 bits per heavy atom. The van der Waals surface area contributed by atoms with E-state index in [1.54, 1.807) is 0 Å². The molecule has 0 radical (unpaired) electrons. The summed E-state index contributed by atoms with van der Waals surface area (Å²) < 4.78 is 5.39. The molecule has 9 heteroatoms. The van der Waals surface area contributed by atoms with E-state index >= 15 is 0 Å². The van der Waals surface area contributed by atoms with Crippen molar-refractivity contribution in [3.63, 3.8) is 0 Å². The summed E-state index contributed by atoms with van der Waals surface area (Å²) in [6, 6.07) is 4.51. The van der Waals surface area contributed by atoms with Gasteiger partial charge in [-0.15, -0.1) is 0 Å². The molecule has 0 bridgehead atoms. The fourth-order valence-electron chi connectivity index (χ4n) is 1.58. The number of H-pyrrole nitrogens is 1. The second-order valence-electron chi connectivity index (χ2n) is 3.71. The van der Waals surface area contributed by atoms with Crippen LogP contribution in [0.3, 0.4) is 0 Å². The molecule has 0 amide bonds. The van der Waals surface area contributed by atoms with Gasteiger partial charge in [0.25, 0.3) is 11.7 Å². The second-order valence-corrected chi connectivity index (χ2v) is 3.71. The van der Waals surface area contributed by atoms with Crippen molar-refractivity contribution >= 4 is 22.8 Å². The average molecular weight is 260 g/mol. The van der Waals surface area contributed by atoms with E-state index in [1.807, 2.05) is 0 Å². The second kappa shape index (κ2) is 4.37. The van der Waals surface area contributed by atoms with E-state index in [2.05, 4.69) is 25.5 Å². The number of oxazole rings is 1. The summed E-state index contributed by atoms with van der Waals surface area (Å²) in [6.45, 7) is 0.370. The van der Waals surface area contributed by atoms with E-state index in [0.29, 0.717) is 23.5 Å². The van der Waals surface area contributed by atoms with Crippen LogP contribution in [0.4, 0.5) is 11.7 Å². The summed E-state index contributed by atoms with van der Waals surface area (Å²) in [5.74, 6) is 0.633. The Bertz CT molecular complexity index is 720. The normalized spacial score (nSPS) is 10.7. The van der Waals surface area contributed by atoms with Gasteiger partial charge >= 0.3 is 0 Å². The van der Waals surface area contributed by atoms with Crippen molar-refractivity contribution in [3.8, 4) is 0 Å². The van der Waals surface area contributed by atoms with Gasteiger partial charge in [-0.1, -0.05) is 0 Å². The first-order valence-corrected chi connectivity index (χ1v) is 5.35. The number of non-ortho nitro benzene ring substituents is 1. The van der Waals surface area contributed by atoms with E-state index in [-0.39, 0.29) is 11.7 Å². The van der Waals surface area contributed by atoms with E-state index < -0.39 is 4.92 Å². The zero-order chi connectivity index (χ0) is 13.2. The van der Waals surface area contributed by atoms with Gasteiger partial charge in [-0.25, -0.2) is 4.98 Å². The van der Waals surface area contributed by atoms with Crippen LogP contribution in [0.2, 0.25) is 0 Å². The third kappa shape index (κ3) is 2.20. The Morgan fingerprint density at radius 1 is 1.47 bits per heavy atom. The number of aromatic amines is 1. The van der Waals surface area contributed by atoms with Crippen molar-refractivity contribution in [1.29, 1.82) is 0 Å². The van der Waals surface area contributed by atoms with Crippen LogP contribution in [-0.4, -0.2) is 25.1 Å². The van der Waals surface area contributed by atoms with Crippen LogP contribution in [0.15, 0.2) is 28.9 Å². The van der Waals surface area contributed by atoms with Crippen LogP contribution < -0.4 is 5.32 Å². The molecule has 0 aliphatic rings. The lowest BCUT2D eigenvalue weighted by Gasteiger charge is -1.95. The standard InChI is InChI=1S/C10H8N6O3/c17-16(18)6-1-2-8-7(3-6)14-10(19-8)11-4-9-12-5-13-15-9/h1-3,5H,4H2,(H,11,14)(H,12,13,15). The minimum atomic E-state index is -0.476. The number of nitrogens with zero attached hydrogens (tertiary/aromatic N) is 4. The lowest BCUT2D eigenvalue weighted by atomic mass is 10.3. The van der Waals surface area contributed by atoms with Gasteiger partial charge in [0, 0.05) is 12.1 Å². The summed E-state index contributed by atoms with van der Waals surface area (Å²) in [5, 5.41) is 19.9. The van der Waals surface area contributed by atoms with Crippen molar-refractivity contribution in [3.05, 3.63) is 40.5 Å². The molecule has 0 saturated heterocycles. The maximum atomic E-state index is 10.6. The number of benzene rings is 1. The molecule has 3 aromatic rings. The first-order chi connectivity index (χ1) is 9.22. The van der Waals surface area contributed by atoms with Gasteiger partial charge in [0.15, 0.2) is 5.58 Å². The topological polar surface area (TPSA) is 123 Å². The van der Waals surface area contributed by atoms with Crippen LogP contribution in [0, 0.1) is 10.1 Å². The molecule has 0 fully saturated rings. The predicted octanol–water partition coefficient (Wildman–Crippen LogP) is 1.47. The molecule has 2 N–H and O–H groups in total. The third-order valence-electron chi connectivity index (χ3n) is 2.45. The number of fused-ring (bicyclic) bond motifs is 1. The number of aromatic nitrogens is 4. The fraction of sp³-hybridized carbons (Fsp3) is 0.100. The first-order valence-electron chi connectivity index (χ1n) is 5.35. The highest BCUT2D eigenvalue weighted by molar-refractivity contribution is 5.77. The Labute approximate surface area is 105 Å². The Kier molecular flexibility index (Phi) is 2.56. The van der Waals surface area contributed by atoms with Gasteiger partial charge in [0.05, 0.1) is 11.5 Å². The van der Waals surface area contributed by atoms with Crippen molar-refractivity contribution in [2.24, 2.45) is 0 Å². The number of nitrogens with one attached hydrogen (secondary N) is 2. The van der Waals surface area contributed by atoms with Gasteiger partial charge in [-0.3, -0.25) is 15.2 Å². The number of nitro benzene ring substituents is 1. The molecule has 19 heavy (non-hydrogen) atoms. The van der Waals surface area contributed by atoms with E-state index in [1.165, 1.54) is 24.5 Å². The fourth-order valence-corrected chi connectivity index (χ4v) is 1.58. The van der Waals surface area contributed by atoms with Gasteiger partial charge < -0.3 is 9.73 Å². The monoisotopic (exact) mass is 260 g/mol. The highest BCUT2D eigenvalue weighted by atomic mass is 16.6. The maximum Gasteiger partial charge on any atom is 0.296 e. The molecule has 3 rings (SSSR count). The molecule has 9 nitrogen and oxygen atoms in total. The zero-order valence-electron chi connectivity index (χ0n) is 9.53. The lowest BCUT2D eigenvalue weighted by Crippen LogP contribution is -2.01. The zero-order valence-corrected chi connectivity index (χ0v) is 9.53. The van der Waals surface area contributed by atoms with Crippen molar-refractivity contribution < 1.29 is 9.34 Å². The SMILES string of the molecule is O=[N+]([O-])c1ccc2oc(NCc3ncn[nH]3)nc2c1. The lowest BCUT2D eigenvalue weighted by molar-refractivity contribution is -0.384. The van der Waals surface area contributed by atoms with Crippen molar-refractivity contribution in [2.75, 3.05) is 5.32 Å². The minimum absolute atomic E-state index is 0.0254. The quantitative estimate of drug-likeness (QED) is 0.537. The minimum Gasteiger partial charge on any atom is -0.424 e. The Morgan fingerprint density at radius 2 is 2.37 bits per heavy atom. The molecule has 2 aromatic heterocycles. The van der Waals surface area contributed by atoms with Crippen LogP contribution in [0.5, 0.6) is 0 Å². The first kappa shape index (κ1) is 11.1. The number of rotatable bonds is 4. The van der Waals surface area contributed by atoms with Gasteiger partial charge in [-0.05, 0) is 6.07 Å². The Hall–Kier alpha value is -2.97. The molecular formula is C10H8N6O3. The van der Waals surface area contributed by atoms with E-state index in [0.717, 1.165) is 0 Å². The van der Waals surface area contributed by atoms with E-state index in [9.17, 15) is 10.1 Å². The summed E-state index contributed by atoms with van der Waals surface area (Å²) >= 11 is 0. The maximum absolute atomic E-state index is 10.6. The molecular weight excluding hydrogens is 252 g/mol. The number of hydrogen-bond donors (Lipinski definition) is 2. The Balaban J connectivity index is 1.83. The van der Waals surface area contributed by atoms with Crippen molar-refractivity contribution in [2.45, 2.75) is 6.54 Å². The molecule has 0 atom stereocenters. The van der Waals surface area contributed by atoms with Crippen LogP contribution in [-0.2, 0) is 6.54 Å². The van der Waals surface area contributed by atoms with Crippen LogP contribution in [0.25, 0.3) is 11.1 Å². The summed E-state index contributed by atoms with van der Waals surface area (Å²) in [7, 11) is 0. The van der Waals surface area contributed by atoms with Crippen LogP contribution >= 0.6 is 0 Å². The number of anilines is 1. The molecule has 96 valence electrons. The van der Waals surface area contributed by atoms with Gasteiger partial charge in [-0.2, -0.15) is 10.1 Å². The van der Waals surface area contributed by atoms with E-state index in [4.69, 9.17) is 4.42 Å². The summed E-state index contributed by atoms with van der Waals surface area (Å²) in [6.07, 6.45) is 1.40. The summed E-state index contributed by atoms with van der Waals surface area (Å²) in [5.41, 5.74) is 0.877. The molecule has 0 saturated carbocycles. The number of nitro groups is 1. The smallest absolute Gasteiger partial charge is 0.296 e. The summed E-state index contributed by atoms with van der Waals surface area (Å²) in [4.78, 5) is 18.2. The average Bonchev–Trinajstić information content (AvgIpc) is 3.04.